The molecule has 5 heteroatoms. The minimum Gasteiger partial charge on any atom is -0.492 e. The minimum absolute atomic E-state index is 0.0303. The molecule has 1 fully saturated rings. The molecule has 1 aromatic carbocycles. The van der Waals surface area contributed by atoms with E-state index in [-0.39, 0.29) is 5.91 Å². The van der Waals surface area contributed by atoms with E-state index in [9.17, 15) is 4.79 Å². The summed E-state index contributed by atoms with van der Waals surface area (Å²) in [6.07, 6.45) is 0. The Morgan fingerprint density at radius 3 is 2.55 bits per heavy atom. The van der Waals surface area contributed by atoms with Crippen LogP contribution in [0.5, 0.6) is 5.75 Å². The summed E-state index contributed by atoms with van der Waals surface area (Å²) in [6, 6.07) is 7.62. The molecule has 1 aromatic rings. The predicted molar refractivity (Wildman–Crippen MR) is 80.1 cm³/mol. The molecule has 0 aliphatic carbocycles. The van der Waals surface area contributed by atoms with Crippen LogP contribution in [0.4, 0.5) is 5.69 Å². The largest absolute Gasteiger partial charge is 0.492 e. The Labute approximate surface area is 120 Å². The van der Waals surface area contributed by atoms with Crippen LogP contribution in [-0.4, -0.2) is 49.6 Å². The Morgan fingerprint density at radius 1 is 1.30 bits per heavy atom. The third-order valence-electron chi connectivity index (χ3n) is 3.49. The molecule has 1 aliphatic heterocycles. The topological polar surface area (TPSA) is 58.8 Å². The summed E-state index contributed by atoms with van der Waals surface area (Å²) in [4.78, 5) is 16.0. The van der Waals surface area contributed by atoms with Gasteiger partial charge in [0.15, 0.2) is 0 Å². The molecule has 1 aliphatic rings. The van der Waals surface area contributed by atoms with E-state index in [4.69, 9.17) is 10.5 Å². The second-order valence-corrected chi connectivity index (χ2v) is 5.00. The van der Waals surface area contributed by atoms with Crippen molar-refractivity contribution in [3.05, 3.63) is 24.3 Å². The number of nitrogens with zero attached hydrogens (tertiary/aromatic N) is 2. The monoisotopic (exact) mass is 277 g/mol. The molecule has 1 saturated heterocycles. The van der Waals surface area contributed by atoms with Gasteiger partial charge in [-0.3, -0.25) is 4.79 Å². The molecule has 1 atom stereocenters. The van der Waals surface area contributed by atoms with E-state index in [1.807, 2.05) is 30.0 Å². The number of piperazine rings is 1. The molecule has 1 heterocycles. The molecule has 2 rings (SSSR count). The third-order valence-corrected chi connectivity index (χ3v) is 3.49. The first-order valence-corrected chi connectivity index (χ1v) is 7.14. The van der Waals surface area contributed by atoms with Gasteiger partial charge in [0.2, 0.25) is 5.91 Å². The summed E-state index contributed by atoms with van der Waals surface area (Å²) in [6.45, 7) is 7.40. The Balaban J connectivity index is 2.02. The van der Waals surface area contributed by atoms with E-state index < -0.39 is 6.04 Å². The lowest BCUT2D eigenvalue weighted by atomic mass is 10.2. The van der Waals surface area contributed by atoms with Crippen molar-refractivity contribution in [3.63, 3.8) is 0 Å². The van der Waals surface area contributed by atoms with Crippen LogP contribution in [0.2, 0.25) is 0 Å². The van der Waals surface area contributed by atoms with E-state index in [1.165, 1.54) is 0 Å². The number of carbonyl (C=O) groups is 1. The molecular weight excluding hydrogens is 254 g/mol. The number of hydrogen-bond acceptors (Lipinski definition) is 4. The van der Waals surface area contributed by atoms with Crippen molar-refractivity contribution < 1.29 is 9.53 Å². The van der Waals surface area contributed by atoms with Crippen LogP contribution in [0.15, 0.2) is 24.3 Å². The zero-order chi connectivity index (χ0) is 14.5. The van der Waals surface area contributed by atoms with Gasteiger partial charge in [-0.15, -0.1) is 0 Å². The van der Waals surface area contributed by atoms with Crippen molar-refractivity contribution in [2.24, 2.45) is 5.73 Å². The van der Waals surface area contributed by atoms with Gasteiger partial charge in [-0.2, -0.15) is 0 Å². The number of ether oxygens (including phenoxy) is 1. The fourth-order valence-corrected chi connectivity index (χ4v) is 2.45. The van der Waals surface area contributed by atoms with Crippen LogP contribution in [0.3, 0.4) is 0 Å². The number of amides is 1. The van der Waals surface area contributed by atoms with Crippen molar-refractivity contribution in [1.82, 2.24) is 4.90 Å². The average molecular weight is 277 g/mol. The van der Waals surface area contributed by atoms with Gasteiger partial charge in [0.05, 0.1) is 18.3 Å². The Kier molecular flexibility index (Phi) is 4.84. The number of para-hydroxylation sites is 2. The number of anilines is 1. The zero-order valence-corrected chi connectivity index (χ0v) is 12.2. The first-order valence-electron chi connectivity index (χ1n) is 7.14. The van der Waals surface area contributed by atoms with Crippen molar-refractivity contribution >= 4 is 11.6 Å². The van der Waals surface area contributed by atoms with Gasteiger partial charge in [-0.25, -0.2) is 0 Å². The van der Waals surface area contributed by atoms with E-state index in [1.54, 1.807) is 6.92 Å². The van der Waals surface area contributed by atoms with Gasteiger partial charge in [0.1, 0.15) is 5.75 Å². The molecule has 0 saturated carbocycles. The molecular formula is C15H23N3O2. The molecule has 0 aromatic heterocycles. The SMILES string of the molecule is CCOc1ccccc1N1CCN(C(=O)[C@@H](C)N)CC1. The molecule has 0 spiro atoms. The fourth-order valence-electron chi connectivity index (χ4n) is 2.45. The van der Waals surface area contributed by atoms with Crippen LogP contribution >= 0.6 is 0 Å². The minimum atomic E-state index is -0.419. The molecule has 5 nitrogen and oxygen atoms in total. The van der Waals surface area contributed by atoms with Crippen LogP contribution in [0.25, 0.3) is 0 Å². The maximum absolute atomic E-state index is 11.9. The van der Waals surface area contributed by atoms with Crippen molar-refractivity contribution in [3.8, 4) is 5.75 Å². The first kappa shape index (κ1) is 14.7. The van der Waals surface area contributed by atoms with Gasteiger partial charge in [-0.1, -0.05) is 12.1 Å². The van der Waals surface area contributed by atoms with Gasteiger partial charge < -0.3 is 20.3 Å². The number of carbonyl (C=O) groups excluding carboxylic acids is 1. The lowest BCUT2D eigenvalue weighted by molar-refractivity contribution is -0.132. The number of hydrogen-bond donors (Lipinski definition) is 1. The summed E-state index contributed by atoms with van der Waals surface area (Å²) >= 11 is 0. The lowest BCUT2D eigenvalue weighted by Crippen LogP contribution is -2.52. The van der Waals surface area contributed by atoms with Gasteiger partial charge in [0, 0.05) is 26.2 Å². The third kappa shape index (κ3) is 3.22. The van der Waals surface area contributed by atoms with E-state index >= 15 is 0 Å². The highest BCUT2D eigenvalue weighted by molar-refractivity contribution is 5.81. The van der Waals surface area contributed by atoms with Gasteiger partial charge in [-0.05, 0) is 26.0 Å². The normalized spacial score (nSPS) is 16.9. The van der Waals surface area contributed by atoms with Crippen molar-refractivity contribution in [2.75, 3.05) is 37.7 Å². The molecule has 0 unspecified atom stereocenters. The van der Waals surface area contributed by atoms with E-state index in [0.717, 1.165) is 24.5 Å². The van der Waals surface area contributed by atoms with Crippen LogP contribution in [0, 0.1) is 0 Å². The predicted octanol–water partition coefficient (Wildman–Crippen LogP) is 1.08. The zero-order valence-electron chi connectivity index (χ0n) is 12.2. The smallest absolute Gasteiger partial charge is 0.239 e. The maximum atomic E-state index is 11.9. The maximum Gasteiger partial charge on any atom is 0.239 e. The summed E-state index contributed by atoms with van der Waals surface area (Å²) in [5, 5.41) is 0. The van der Waals surface area contributed by atoms with Gasteiger partial charge >= 0.3 is 0 Å². The molecule has 2 N–H and O–H groups in total. The summed E-state index contributed by atoms with van der Waals surface area (Å²) in [5.74, 6) is 0.935. The molecule has 1 amide bonds. The lowest BCUT2D eigenvalue weighted by Gasteiger charge is -2.37. The number of nitrogens with two attached hydrogens (primary N) is 1. The standard InChI is InChI=1S/C15H23N3O2/c1-3-20-14-7-5-4-6-13(14)17-8-10-18(11-9-17)15(19)12(2)16/h4-7,12H,3,8-11,16H2,1-2H3/t12-/m1/s1. The highest BCUT2D eigenvalue weighted by Gasteiger charge is 2.24. The van der Waals surface area contributed by atoms with Crippen LogP contribution in [-0.2, 0) is 4.79 Å². The Hall–Kier alpha value is -1.75. The molecule has 20 heavy (non-hydrogen) atoms. The number of benzene rings is 1. The number of rotatable bonds is 4. The second kappa shape index (κ2) is 6.61. The quantitative estimate of drug-likeness (QED) is 0.895. The van der Waals surface area contributed by atoms with E-state index in [2.05, 4.69) is 11.0 Å². The molecule has 0 bridgehead atoms. The first-order chi connectivity index (χ1) is 9.63. The summed E-state index contributed by atoms with van der Waals surface area (Å²) in [5.41, 5.74) is 6.75. The fraction of sp³-hybridized carbons (Fsp3) is 0.533. The highest BCUT2D eigenvalue weighted by atomic mass is 16.5. The van der Waals surface area contributed by atoms with Crippen LogP contribution in [0.1, 0.15) is 13.8 Å². The highest BCUT2D eigenvalue weighted by Crippen LogP contribution is 2.28. The second-order valence-electron chi connectivity index (χ2n) is 5.00. The summed E-state index contributed by atoms with van der Waals surface area (Å²) in [7, 11) is 0. The van der Waals surface area contributed by atoms with Crippen LogP contribution < -0.4 is 15.4 Å². The molecule has 0 radical (unpaired) electrons. The Bertz CT molecular complexity index is 454. The summed E-state index contributed by atoms with van der Waals surface area (Å²) < 4.78 is 5.66. The molecule has 110 valence electrons. The van der Waals surface area contributed by atoms with Gasteiger partial charge in [0.25, 0.3) is 0 Å². The van der Waals surface area contributed by atoms with Crippen molar-refractivity contribution in [1.29, 1.82) is 0 Å². The average Bonchev–Trinajstić information content (AvgIpc) is 2.47. The Morgan fingerprint density at radius 2 is 1.95 bits per heavy atom. The van der Waals surface area contributed by atoms with Crippen molar-refractivity contribution in [2.45, 2.75) is 19.9 Å². The van der Waals surface area contributed by atoms with E-state index in [0.29, 0.717) is 19.7 Å².